The summed E-state index contributed by atoms with van der Waals surface area (Å²) in [5.41, 5.74) is 5.70. The SMILES string of the molecule is CC(C)N(C)C1CCC(N)(CO)C1. The Morgan fingerprint density at radius 2 is 2.23 bits per heavy atom. The van der Waals surface area contributed by atoms with Gasteiger partial charge in [-0.1, -0.05) is 0 Å². The van der Waals surface area contributed by atoms with Gasteiger partial charge in [-0.15, -0.1) is 0 Å². The summed E-state index contributed by atoms with van der Waals surface area (Å²) in [4.78, 5) is 2.35. The number of nitrogens with zero attached hydrogens (tertiary/aromatic N) is 1. The van der Waals surface area contributed by atoms with Gasteiger partial charge in [-0.3, -0.25) is 0 Å². The molecular formula is C10H22N2O. The van der Waals surface area contributed by atoms with E-state index in [2.05, 4.69) is 25.8 Å². The molecule has 0 aromatic carbocycles. The summed E-state index contributed by atoms with van der Waals surface area (Å²) in [6.45, 7) is 4.50. The molecule has 0 radical (unpaired) electrons. The van der Waals surface area contributed by atoms with Gasteiger partial charge >= 0.3 is 0 Å². The number of aliphatic hydroxyl groups excluding tert-OH is 1. The number of nitrogens with two attached hydrogens (primary N) is 1. The molecule has 1 rings (SSSR count). The molecule has 3 heteroatoms. The van der Waals surface area contributed by atoms with Gasteiger partial charge in [0.1, 0.15) is 0 Å². The lowest BCUT2D eigenvalue weighted by Gasteiger charge is -2.29. The molecule has 2 atom stereocenters. The second kappa shape index (κ2) is 3.95. The van der Waals surface area contributed by atoms with Crippen LogP contribution in [0.4, 0.5) is 0 Å². The highest BCUT2D eigenvalue weighted by Gasteiger charge is 2.37. The van der Waals surface area contributed by atoms with Crippen molar-refractivity contribution in [3.05, 3.63) is 0 Å². The topological polar surface area (TPSA) is 49.5 Å². The van der Waals surface area contributed by atoms with Crippen LogP contribution in [0, 0.1) is 0 Å². The molecule has 1 aliphatic carbocycles. The Kier molecular flexibility index (Phi) is 3.33. The molecule has 1 saturated carbocycles. The Hall–Kier alpha value is -0.120. The maximum Gasteiger partial charge on any atom is 0.0611 e. The molecule has 3 nitrogen and oxygen atoms in total. The zero-order chi connectivity index (χ0) is 10.1. The lowest BCUT2D eigenvalue weighted by Crippen LogP contribution is -2.44. The molecule has 3 N–H and O–H groups in total. The lowest BCUT2D eigenvalue weighted by molar-refractivity contribution is 0.165. The van der Waals surface area contributed by atoms with Crippen LogP contribution in [0.5, 0.6) is 0 Å². The van der Waals surface area contributed by atoms with Gasteiger partial charge in [0, 0.05) is 17.6 Å². The van der Waals surface area contributed by atoms with Crippen LogP contribution in [0.15, 0.2) is 0 Å². The van der Waals surface area contributed by atoms with Crippen LogP contribution in [0.2, 0.25) is 0 Å². The molecule has 0 amide bonds. The van der Waals surface area contributed by atoms with Crippen LogP contribution < -0.4 is 5.73 Å². The Morgan fingerprint density at radius 1 is 1.62 bits per heavy atom. The van der Waals surface area contributed by atoms with Crippen molar-refractivity contribution in [2.75, 3.05) is 13.7 Å². The number of hydrogen-bond donors (Lipinski definition) is 2. The highest BCUT2D eigenvalue weighted by atomic mass is 16.3. The van der Waals surface area contributed by atoms with Crippen LogP contribution in [-0.2, 0) is 0 Å². The van der Waals surface area contributed by atoms with E-state index in [4.69, 9.17) is 10.8 Å². The van der Waals surface area contributed by atoms with Gasteiger partial charge in [-0.05, 0) is 40.2 Å². The van der Waals surface area contributed by atoms with Crippen molar-refractivity contribution in [3.8, 4) is 0 Å². The Morgan fingerprint density at radius 3 is 2.62 bits per heavy atom. The zero-order valence-electron chi connectivity index (χ0n) is 8.95. The summed E-state index contributed by atoms with van der Waals surface area (Å²) >= 11 is 0. The third kappa shape index (κ3) is 2.42. The summed E-state index contributed by atoms with van der Waals surface area (Å²) in [5.74, 6) is 0. The quantitative estimate of drug-likeness (QED) is 0.677. The van der Waals surface area contributed by atoms with E-state index in [0.717, 1.165) is 19.3 Å². The van der Waals surface area contributed by atoms with E-state index in [1.165, 1.54) is 0 Å². The van der Waals surface area contributed by atoms with Gasteiger partial charge < -0.3 is 15.7 Å². The average molecular weight is 186 g/mol. The van der Waals surface area contributed by atoms with E-state index < -0.39 is 0 Å². The van der Waals surface area contributed by atoms with E-state index in [1.807, 2.05) is 0 Å². The fraction of sp³-hybridized carbons (Fsp3) is 1.00. The van der Waals surface area contributed by atoms with Gasteiger partial charge in [0.25, 0.3) is 0 Å². The molecule has 13 heavy (non-hydrogen) atoms. The van der Waals surface area contributed by atoms with E-state index in [0.29, 0.717) is 12.1 Å². The van der Waals surface area contributed by atoms with Crippen molar-refractivity contribution in [2.24, 2.45) is 5.73 Å². The predicted octanol–water partition coefficient (Wildman–Crippen LogP) is 0.569. The second-order valence-electron chi connectivity index (χ2n) is 4.68. The van der Waals surface area contributed by atoms with E-state index in [-0.39, 0.29) is 12.1 Å². The summed E-state index contributed by atoms with van der Waals surface area (Å²) in [7, 11) is 2.14. The van der Waals surface area contributed by atoms with Crippen molar-refractivity contribution in [1.82, 2.24) is 4.90 Å². The third-order valence-corrected chi connectivity index (χ3v) is 3.32. The Balaban J connectivity index is 2.49. The van der Waals surface area contributed by atoms with Crippen molar-refractivity contribution in [2.45, 2.75) is 50.7 Å². The minimum atomic E-state index is -0.312. The standard InChI is InChI=1S/C10H22N2O/c1-8(2)12(3)9-4-5-10(11,6-9)7-13/h8-9,13H,4-7,11H2,1-3H3. The van der Waals surface area contributed by atoms with Crippen LogP contribution in [0.1, 0.15) is 33.1 Å². The average Bonchev–Trinajstić information content (AvgIpc) is 2.47. The highest BCUT2D eigenvalue weighted by molar-refractivity contribution is 4.96. The van der Waals surface area contributed by atoms with Crippen LogP contribution in [0.3, 0.4) is 0 Å². The fourth-order valence-electron chi connectivity index (χ4n) is 2.04. The van der Waals surface area contributed by atoms with Crippen molar-refractivity contribution < 1.29 is 5.11 Å². The van der Waals surface area contributed by atoms with Crippen LogP contribution in [0.25, 0.3) is 0 Å². The molecular weight excluding hydrogens is 164 g/mol. The maximum absolute atomic E-state index is 9.12. The molecule has 0 aromatic rings. The lowest BCUT2D eigenvalue weighted by atomic mass is 10.0. The van der Waals surface area contributed by atoms with Gasteiger partial charge in [0.15, 0.2) is 0 Å². The maximum atomic E-state index is 9.12. The van der Waals surface area contributed by atoms with Crippen molar-refractivity contribution in [3.63, 3.8) is 0 Å². The molecule has 1 aliphatic rings. The van der Waals surface area contributed by atoms with Gasteiger partial charge in [0.2, 0.25) is 0 Å². The monoisotopic (exact) mass is 186 g/mol. The van der Waals surface area contributed by atoms with Crippen LogP contribution in [-0.4, -0.2) is 41.3 Å². The van der Waals surface area contributed by atoms with Gasteiger partial charge in [0.05, 0.1) is 6.61 Å². The molecule has 2 unspecified atom stereocenters. The zero-order valence-corrected chi connectivity index (χ0v) is 8.95. The second-order valence-corrected chi connectivity index (χ2v) is 4.68. The smallest absolute Gasteiger partial charge is 0.0611 e. The highest BCUT2D eigenvalue weighted by Crippen LogP contribution is 2.30. The molecule has 0 spiro atoms. The molecule has 0 heterocycles. The summed E-state index contributed by atoms with van der Waals surface area (Å²) in [5, 5.41) is 9.12. The molecule has 0 saturated heterocycles. The van der Waals surface area contributed by atoms with Crippen molar-refractivity contribution in [1.29, 1.82) is 0 Å². The fourth-order valence-corrected chi connectivity index (χ4v) is 2.04. The minimum absolute atomic E-state index is 0.120. The Bertz CT molecular complexity index is 172. The first-order valence-electron chi connectivity index (χ1n) is 5.10. The molecule has 78 valence electrons. The number of rotatable bonds is 3. The van der Waals surface area contributed by atoms with Gasteiger partial charge in [-0.2, -0.15) is 0 Å². The van der Waals surface area contributed by atoms with E-state index in [9.17, 15) is 0 Å². The largest absolute Gasteiger partial charge is 0.394 e. The summed E-state index contributed by atoms with van der Waals surface area (Å²) in [6.07, 6.45) is 3.00. The summed E-state index contributed by atoms with van der Waals surface area (Å²) in [6, 6.07) is 1.11. The third-order valence-electron chi connectivity index (χ3n) is 3.32. The first kappa shape index (κ1) is 11.0. The van der Waals surface area contributed by atoms with Crippen molar-refractivity contribution >= 4 is 0 Å². The predicted molar refractivity (Wildman–Crippen MR) is 54.5 cm³/mol. The number of hydrogen-bond acceptors (Lipinski definition) is 3. The van der Waals surface area contributed by atoms with E-state index in [1.54, 1.807) is 0 Å². The first-order chi connectivity index (χ1) is 5.98. The first-order valence-corrected chi connectivity index (χ1v) is 5.10. The van der Waals surface area contributed by atoms with Gasteiger partial charge in [-0.25, -0.2) is 0 Å². The summed E-state index contributed by atoms with van der Waals surface area (Å²) < 4.78 is 0. The molecule has 0 bridgehead atoms. The molecule has 0 aromatic heterocycles. The van der Waals surface area contributed by atoms with E-state index >= 15 is 0 Å². The molecule has 1 fully saturated rings. The minimum Gasteiger partial charge on any atom is -0.394 e. The normalized spacial score (nSPS) is 34.8. The van der Waals surface area contributed by atoms with Crippen LogP contribution >= 0.6 is 0 Å². The number of aliphatic hydroxyl groups is 1. The molecule has 0 aliphatic heterocycles. The Labute approximate surface area is 80.9 Å².